The maximum absolute atomic E-state index is 12.6. The van der Waals surface area contributed by atoms with Crippen molar-refractivity contribution in [3.05, 3.63) is 70.1 Å². The third-order valence-electron chi connectivity index (χ3n) is 3.81. The van der Waals surface area contributed by atoms with Crippen molar-refractivity contribution in [1.82, 2.24) is 10.4 Å². The van der Waals surface area contributed by atoms with Crippen LogP contribution in [0.4, 0.5) is 0 Å². The van der Waals surface area contributed by atoms with Crippen LogP contribution in [0.5, 0.6) is 5.75 Å². The second-order valence-corrected chi connectivity index (χ2v) is 7.22. The van der Waals surface area contributed by atoms with E-state index in [0.29, 0.717) is 10.5 Å². The molecule has 0 spiro atoms. The molecule has 7 heteroatoms. The third kappa shape index (κ3) is 3.79. The average Bonchev–Trinajstić information content (AvgIpc) is 2.90. The van der Waals surface area contributed by atoms with E-state index in [0.717, 1.165) is 33.6 Å². The lowest BCUT2D eigenvalue weighted by Crippen LogP contribution is -2.45. The predicted molar refractivity (Wildman–Crippen MR) is 107 cm³/mol. The number of ether oxygens (including phenoxy) is 1. The Hall–Kier alpha value is -2.64. The first-order chi connectivity index (χ1) is 12.5. The van der Waals surface area contributed by atoms with E-state index in [2.05, 4.69) is 5.43 Å². The fourth-order valence-electron chi connectivity index (χ4n) is 2.41. The number of nitrogens with zero attached hydrogens (tertiary/aromatic N) is 1. The smallest absolute Gasteiger partial charge is 0.285 e. The van der Waals surface area contributed by atoms with Gasteiger partial charge < -0.3 is 4.74 Å². The van der Waals surface area contributed by atoms with Crippen LogP contribution in [0.15, 0.2) is 53.4 Å². The van der Waals surface area contributed by atoms with Crippen LogP contribution in [-0.2, 0) is 4.79 Å². The number of hydrogen-bond donors (Lipinski definition) is 1. The van der Waals surface area contributed by atoms with Gasteiger partial charge in [0.1, 0.15) is 5.75 Å². The number of rotatable bonds is 4. The van der Waals surface area contributed by atoms with E-state index < -0.39 is 0 Å². The maximum atomic E-state index is 12.6. The van der Waals surface area contributed by atoms with Crippen molar-refractivity contribution in [2.24, 2.45) is 0 Å². The first-order valence-electron chi connectivity index (χ1n) is 7.78. The number of carbonyl (C=O) groups is 2. The lowest BCUT2D eigenvalue weighted by molar-refractivity contribution is -0.123. The third-order valence-corrected chi connectivity index (χ3v) is 5.11. The molecular weight excluding hydrogens is 368 g/mol. The highest BCUT2D eigenvalue weighted by atomic mass is 32.2. The Morgan fingerprint density at radius 1 is 1.19 bits per heavy atom. The molecule has 2 amide bonds. The summed E-state index contributed by atoms with van der Waals surface area (Å²) < 4.78 is 5.41. The van der Waals surface area contributed by atoms with Gasteiger partial charge in [-0.25, -0.2) is 0 Å². The number of amides is 2. The van der Waals surface area contributed by atoms with E-state index >= 15 is 0 Å². The van der Waals surface area contributed by atoms with Crippen molar-refractivity contribution in [1.29, 1.82) is 0 Å². The summed E-state index contributed by atoms with van der Waals surface area (Å²) in [5.41, 5.74) is 4.76. The Morgan fingerprint density at radius 3 is 2.54 bits per heavy atom. The monoisotopic (exact) mass is 384 g/mol. The second kappa shape index (κ2) is 7.72. The summed E-state index contributed by atoms with van der Waals surface area (Å²) in [4.78, 5) is 25.5. The van der Waals surface area contributed by atoms with Crippen molar-refractivity contribution in [3.8, 4) is 5.75 Å². The molecule has 1 heterocycles. The lowest BCUT2D eigenvalue weighted by Gasteiger charge is -2.16. The molecule has 26 heavy (non-hydrogen) atoms. The molecule has 2 aromatic rings. The van der Waals surface area contributed by atoms with Gasteiger partial charge in [-0.05, 0) is 54.5 Å². The van der Waals surface area contributed by atoms with Gasteiger partial charge in [-0.2, -0.15) is 5.01 Å². The average molecular weight is 384 g/mol. The summed E-state index contributed by atoms with van der Waals surface area (Å²) in [6, 6.07) is 14.5. The van der Waals surface area contributed by atoms with Crippen molar-refractivity contribution in [2.45, 2.75) is 6.92 Å². The van der Waals surface area contributed by atoms with Crippen LogP contribution in [0.3, 0.4) is 0 Å². The highest BCUT2D eigenvalue weighted by Gasteiger charge is 2.33. The van der Waals surface area contributed by atoms with Crippen molar-refractivity contribution in [2.75, 3.05) is 7.11 Å². The summed E-state index contributed by atoms with van der Waals surface area (Å²) >= 11 is 6.39. The van der Waals surface area contributed by atoms with Gasteiger partial charge in [-0.15, -0.1) is 0 Å². The van der Waals surface area contributed by atoms with Crippen LogP contribution in [-0.4, -0.2) is 28.3 Å². The Morgan fingerprint density at radius 2 is 1.88 bits per heavy atom. The van der Waals surface area contributed by atoms with E-state index in [-0.39, 0.29) is 16.1 Å². The van der Waals surface area contributed by atoms with Crippen LogP contribution in [0.25, 0.3) is 6.08 Å². The minimum Gasteiger partial charge on any atom is -0.497 e. The Kier molecular flexibility index (Phi) is 5.39. The molecule has 1 N–H and O–H groups in total. The number of hydrazine groups is 1. The normalized spacial score (nSPS) is 15.5. The molecule has 0 saturated carbocycles. The zero-order valence-electron chi connectivity index (χ0n) is 14.2. The molecule has 0 unspecified atom stereocenters. The van der Waals surface area contributed by atoms with E-state index in [1.807, 2.05) is 43.3 Å². The maximum Gasteiger partial charge on any atom is 0.285 e. The number of hydrogen-bond acceptors (Lipinski definition) is 5. The highest BCUT2D eigenvalue weighted by molar-refractivity contribution is 8.26. The first kappa shape index (κ1) is 18.2. The molecule has 0 atom stereocenters. The molecule has 1 saturated heterocycles. The van der Waals surface area contributed by atoms with Gasteiger partial charge in [0.05, 0.1) is 12.0 Å². The zero-order valence-corrected chi connectivity index (χ0v) is 15.8. The Labute approximate surface area is 161 Å². The molecule has 1 fully saturated rings. The number of thioether (sulfide) groups is 1. The summed E-state index contributed by atoms with van der Waals surface area (Å²) in [5, 5.41) is 1.12. The van der Waals surface area contributed by atoms with Crippen LogP contribution < -0.4 is 10.2 Å². The van der Waals surface area contributed by atoms with Gasteiger partial charge in [0.25, 0.3) is 11.8 Å². The molecule has 132 valence electrons. The summed E-state index contributed by atoms with van der Waals surface area (Å²) in [6.07, 6.45) is 1.73. The fraction of sp³-hybridized carbons (Fsp3) is 0.105. The molecule has 0 radical (unpaired) electrons. The number of benzene rings is 2. The number of carbonyl (C=O) groups excluding carboxylic acids is 2. The SMILES string of the molecule is COc1ccc(/C=C2\SC(=S)N(NC(=O)c3ccccc3C)C2=O)cc1. The van der Waals surface area contributed by atoms with Gasteiger partial charge in [0.2, 0.25) is 0 Å². The highest BCUT2D eigenvalue weighted by Crippen LogP contribution is 2.31. The minimum atomic E-state index is -0.370. The van der Waals surface area contributed by atoms with Crippen molar-refractivity contribution >= 4 is 46.2 Å². The lowest BCUT2D eigenvalue weighted by atomic mass is 10.1. The number of aryl methyl sites for hydroxylation is 1. The summed E-state index contributed by atoms with van der Waals surface area (Å²) in [7, 11) is 1.59. The first-order valence-corrected chi connectivity index (χ1v) is 9.00. The van der Waals surface area contributed by atoms with Gasteiger partial charge in [-0.1, -0.05) is 42.1 Å². The molecule has 1 aliphatic rings. The van der Waals surface area contributed by atoms with Gasteiger partial charge in [0.15, 0.2) is 4.32 Å². The van der Waals surface area contributed by atoms with Crippen LogP contribution >= 0.6 is 24.0 Å². The number of methoxy groups -OCH3 is 1. The quantitative estimate of drug-likeness (QED) is 0.645. The zero-order chi connectivity index (χ0) is 18.7. The van der Waals surface area contributed by atoms with Crippen LogP contribution in [0.2, 0.25) is 0 Å². The molecule has 3 rings (SSSR count). The molecule has 0 aliphatic carbocycles. The van der Waals surface area contributed by atoms with Crippen molar-refractivity contribution < 1.29 is 14.3 Å². The molecular formula is C19H16N2O3S2. The summed E-state index contributed by atoms with van der Waals surface area (Å²) in [5.74, 6) is 0.0167. The van der Waals surface area contributed by atoms with E-state index in [1.54, 1.807) is 25.3 Å². The van der Waals surface area contributed by atoms with Crippen LogP contribution in [0, 0.1) is 6.92 Å². The predicted octanol–water partition coefficient (Wildman–Crippen LogP) is 3.55. The standard InChI is InChI=1S/C19H16N2O3S2/c1-12-5-3-4-6-15(12)17(22)20-21-18(23)16(26-19(21)25)11-13-7-9-14(24-2)10-8-13/h3-11H,1-2H3,(H,20,22)/b16-11-. The Bertz CT molecular complexity index is 907. The van der Waals surface area contributed by atoms with Gasteiger partial charge >= 0.3 is 0 Å². The largest absolute Gasteiger partial charge is 0.497 e. The molecule has 0 aromatic heterocycles. The van der Waals surface area contributed by atoms with Gasteiger partial charge in [0, 0.05) is 5.56 Å². The van der Waals surface area contributed by atoms with E-state index in [4.69, 9.17) is 17.0 Å². The van der Waals surface area contributed by atoms with E-state index in [1.165, 1.54) is 0 Å². The molecule has 1 aliphatic heterocycles. The topological polar surface area (TPSA) is 58.6 Å². The number of thiocarbonyl (C=S) groups is 1. The molecule has 2 aromatic carbocycles. The Balaban J connectivity index is 1.77. The van der Waals surface area contributed by atoms with Crippen LogP contribution in [0.1, 0.15) is 21.5 Å². The fourth-order valence-corrected chi connectivity index (χ4v) is 3.58. The second-order valence-electron chi connectivity index (χ2n) is 5.55. The molecule has 0 bridgehead atoms. The van der Waals surface area contributed by atoms with Crippen molar-refractivity contribution in [3.63, 3.8) is 0 Å². The van der Waals surface area contributed by atoms with E-state index in [9.17, 15) is 9.59 Å². The minimum absolute atomic E-state index is 0.289. The molecule has 5 nitrogen and oxygen atoms in total. The van der Waals surface area contributed by atoms with Gasteiger partial charge in [-0.3, -0.25) is 15.0 Å². The summed E-state index contributed by atoms with van der Waals surface area (Å²) in [6.45, 7) is 1.84. The number of nitrogens with one attached hydrogen (secondary N) is 1.